The Bertz CT molecular complexity index is 912. The Morgan fingerprint density at radius 2 is 1.64 bits per heavy atom. The number of hydrogen-bond donors (Lipinski definition) is 3. The number of ketones is 1. The molecule has 0 aliphatic carbocycles. The number of rotatable bonds is 5. The van der Waals surface area contributed by atoms with E-state index in [4.69, 9.17) is 5.73 Å². The number of nitrogens with two attached hydrogens (primary N) is 1. The molecule has 0 fully saturated rings. The largest absolute Gasteiger partial charge is 0.393 e. The van der Waals surface area contributed by atoms with Gasteiger partial charge in [-0.2, -0.15) is 0 Å². The smallest absolute Gasteiger partial charge is 0.159 e. The predicted molar refractivity (Wildman–Crippen MR) is 95.9 cm³/mol. The van der Waals surface area contributed by atoms with E-state index >= 15 is 0 Å². The second kappa shape index (κ2) is 6.96. The van der Waals surface area contributed by atoms with Crippen molar-refractivity contribution < 1.29 is 9.18 Å². The molecule has 0 saturated carbocycles. The maximum Gasteiger partial charge on any atom is 0.159 e. The molecule has 0 bridgehead atoms. The second-order valence-electron chi connectivity index (χ2n) is 5.35. The van der Waals surface area contributed by atoms with E-state index in [1.54, 1.807) is 42.5 Å². The van der Waals surface area contributed by atoms with E-state index in [1.165, 1.54) is 19.3 Å². The van der Waals surface area contributed by atoms with Crippen LogP contribution in [0.15, 0.2) is 54.9 Å². The lowest BCUT2D eigenvalue weighted by atomic mass is 10.1. The van der Waals surface area contributed by atoms with Crippen LogP contribution in [0.5, 0.6) is 0 Å². The van der Waals surface area contributed by atoms with Crippen LogP contribution < -0.4 is 16.4 Å². The van der Waals surface area contributed by atoms with Crippen LogP contribution in [0.2, 0.25) is 0 Å². The number of halogens is 1. The summed E-state index contributed by atoms with van der Waals surface area (Å²) >= 11 is 0. The van der Waals surface area contributed by atoms with Crippen LogP contribution in [0.4, 0.5) is 33.1 Å². The molecule has 1 aromatic heterocycles. The van der Waals surface area contributed by atoms with Gasteiger partial charge in [0.2, 0.25) is 0 Å². The molecular formula is C18H16FN5O. The van der Waals surface area contributed by atoms with Crippen LogP contribution in [0.1, 0.15) is 17.3 Å². The lowest BCUT2D eigenvalue weighted by Gasteiger charge is -2.13. The molecule has 3 aromatic rings. The van der Waals surface area contributed by atoms with Crippen molar-refractivity contribution in [3.8, 4) is 0 Å². The van der Waals surface area contributed by atoms with E-state index in [0.717, 1.165) is 0 Å². The standard InChI is InChI=1S/C18H16FN5O/c1-11(25)12-6-8-13(9-7-12)23-17-16(20)18(22-10-21-17)24-15-5-3-2-4-14(15)19/h2-10H,20H2,1H3,(H2,21,22,23,24). The number of Topliss-reactive ketones (excluding diaryl/α,β-unsaturated/α-hetero) is 1. The lowest BCUT2D eigenvalue weighted by Crippen LogP contribution is -2.06. The molecule has 6 nitrogen and oxygen atoms in total. The van der Waals surface area contributed by atoms with E-state index in [9.17, 15) is 9.18 Å². The molecule has 1 heterocycles. The number of carbonyl (C=O) groups excluding carboxylic acids is 1. The molecule has 3 rings (SSSR count). The third-order valence-corrected chi connectivity index (χ3v) is 3.57. The monoisotopic (exact) mass is 337 g/mol. The Hall–Kier alpha value is -3.48. The van der Waals surface area contributed by atoms with Gasteiger partial charge in [-0.25, -0.2) is 14.4 Å². The molecule has 2 aromatic carbocycles. The summed E-state index contributed by atoms with van der Waals surface area (Å²) in [4.78, 5) is 19.5. The number of hydrogen-bond acceptors (Lipinski definition) is 6. The number of aromatic nitrogens is 2. The third-order valence-electron chi connectivity index (χ3n) is 3.57. The number of nitrogens with zero attached hydrogens (tertiary/aromatic N) is 2. The van der Waals surface area contributed by atoms with Crippen molar-refractivity contribution >= 4 is 34.5 Å². The molecule has 7 heteroatoms. The molecule has 0 atom stereocenters. The van der Waals surface area contributed by atoms with Gasteiger partial charge in [-0.05, 0) is 43.3 Å². The maximum atomic E-state index is 13.8. The Kier molecular flexibility index (Phi) is 4.56. The minimum Gasteiger partial charge on any atom is -0.393 e. The summed E-state index contributed by atoms with van der Waals surface area (Å²) in [5.74, 6) is 0.256. The summed E-state index contributed by atoms with van der Waals surface area (Å²) in [5, 5.41) is 5.91. The zero-order valence-electron chi connectivity index (χ0n) is 13.5. The molecule has 0 spiro atoms. The summed E-state index contributed by atoms with van der Waals surface area (Å²) in [6.07, 6.45) is 1.33. The molecule has 4 N–H and O–H groups in total. The second-order valence-corrected chi connectivity index (χ2v) is 5.35. The normalized spacial score (nSPS) is 10.3. The van der Waals surface area contributed by atoms with Gasteiger partial charge in [-0.3, -0.25) is 4.79 Å². The van der Waals surface area contributed by atoms with Crippen LogP contribution in [0.3, 0.4) is 0 Å². The average molecular weight is 337 g/mol. The minimum atomic E-state index is -0.408. The van der Waals surface area contributed by atoms with Crippen molar-refractivity contribution in [1.82, 2.24) is 9.97 Å². The van der Waals surface area contributed by atoms with Crippen LogP contribution >= 0.6 is 0 Å². The molecular weight excluding hydrogens is 321 g/mol. The van der Waals surface area contributed by atoms with Gasteiger partial charge < -0.3 is 16.4 Å². The molecule has 0 saturated heterocycles. The highest BCUT2D eigenvalue weighted by Crippen LogP contribution is 2.28. The molecule has 126 valence electrons. The van der Waals surface area contributed by atoms with E-state index in [-0.39, 0.29) is 17.2 Å². The van der Waals surface area contributed by atoms with Crippen molar-refractivity contribution in [1.29, 1.82) is 0 Å². The summed E-state index contributed by atoms with van der Waals surface area (Å²) in [7, 11) is 0. The Balaban J connectivity index is 1.83. The first-order valence-corrected chi connectivity index (χ1v) is 7.54. The van der Waals surface area contributed by atoms with Gasteiger partial charge in [0.05, 0.1) is 5.69 Å². The summed E-state index contributed by atoms with van der Waals surface area (Å²) in [6.45, 7) is 1.51. The number of anilines is 5. The van der Waals surface area contributed by atoms with Gasteiger partial charge in [-0.15, -0.1) is 0 Å². The zero-order valence-corrected chi connectivity index (χ0v) is 13.5. The van der Waals surface area contributed by atoms with Crippen LogP contribution in [-0.2, 0) is 0 Å². The van der Waals surface area contributed by atoms with Crippen LogP contribution in [0.25, 0.3) is 0 Å². The molecule has 25 heavy (non-hydrogen) atoms. The van der Waals surface area contributed by atoms with Gasteiger partial charge in [0.25, 0.3) is 0 Å². The SMILES string of the molecule is CC(=O)c1ccc(Nc2ncnc(Nc3ccccc3F)c2N)cc1. The summed E-state index contributed by atoms with van der Waals surface area (Å²) in [6, 6.07) is 13.2. The number of carbonyl (C=O) groups is 1. The number of para-hydroxylation sites is 1. The number of benzene rings is 2. The molecule has 0 unspecified atom stereocenters. The summed E-state index contributed by atoms with van der Waals surface area (Å²) < 4.78 is 13.8. The molecule has 0 aliphatic rings. The topological polar surface area (TPSA) is 92.9 Å². The van der Waals surface area contributed by atoms with E-state index in [1.807, 2.05) is 0 Å². The van der Waals surface area contributed by atoms with Crippen molar-refractivity contribution in [2.45, 2.75) is 6.92 Å². The zero-order chi connectivity index (χ0) is 17.8. The fourth-order valence-electron chi connectivity index (χ4n) is 2.21. The molecule has 0 radical (unpaired) electrons. The Morgan fingerprint density at radius 1 is 1.00 bits per heavy atom. The highest BCUT2D eigenvalue weighted by atomic mass is 19.1. The van der Waals surface area contributed by atoms with Gasteiger partial charge >= 0.3 is 0 Å². The van der Waals surface area contributed by atoms with E-state index < -0.39 is 5.82 Å². The van der Waals surface area contributed by atoms with Gasteiger partial charge in [0.1, 0.15) is 17.8 Å². The van der Waals surface area contributed by atoms with Crippen LogP contribution in [0, 0.1) is 5.82 Å². The average Bonchev–Trinajstić information content (AvgIpc) is 2.61. The first-order valence-electron chi connectivity index (χ1n) is 7.54. The van der Waals surface area contributed by atoms with Crippen LogP contribution in [-0.4, -0.2) is 15.8 Å². The molecule has 0 amide bonds. The third kappa shape index (κ3) is 3.72. The van der Waals surface area contributed by atoms with Gasteiger partial charge in [-0.1, -0.05) is 12.1 Å². The maximum absolute atomic E-state index is 13.8. The fraction of sp³-hybridized carbons (Fsp3) is 0.0556. The van der Waals surface area contributed by atoms with E-state index in [0.29, 0.717) is 22.9 Å². The van der Waals surface area contributed by atoms with Crippen molar-refractivity contribution in [3.05, 3.63) is 66.2 Å². The predicted octanol–water partition coefficient (Wildman–Crippen LogP) is 3.89. The quantitative estimate of drug-likeness (QED) is 0.612. The first-order chi connectivity index (χ1) is 12.0. The van der Waals surface area contributed by atoms with E-state index in [2.05, 4.69) is 20.6 Å². The highest BCUT2D eigenvalue weighted by molar-refractivity contribution is 5.94. The minimum absolute atomic E-state index is 0.00975. The first kappa shape index (κ1) is 16.4. The Morgan fingerprint density at radius 3 is 2.28 bits per heavy atom. The highest BCUT2D eigenvalue weighted by Gasteiger charge is 2.10. The van der Waals surface area contributed by atoms with Gasteiger partial charge in [0, 0.05) is 11.3 Å². The van der Waals surface area contributed by atoms with Crippen molar-refractivity contribution in [2.75, 3.05) is 16.4 Å². The van der Waals surface area contributed by atoms with Crippen molar-refractivity contribution in [2.24, 2.45) is 0 Å². The summed E-state index contributed by atoms with van der Waals surface area (Å²) in [5.41, 5.74) is 7.93. The Labute approximate surface area is 143 Å². The number of nitrogens with one attached hydrogen (secondary N) is 2. The van der Waals surface area contributed by atoms with Gasteiger partial charge in [0.15, 0.2) is 17.4 Å². The lowest BCUT2D eigenvalue weighted by molar-refractivity contribution is 0.101. The van der Waals surface area contributed by atoms with Crippen molar-refractivity contribution in [3.63, 3.8) is 0 Å². The number of nitrogen functional groups attached to an aromatic ring is 1. The fourth-order valence-corrected chi connectivity index (χ4v) is 2.21. The molecule has 0 aliphatic heterocycles.